The number of benzene rings is 3. The molecule has 34 heavy (non-hydrogen) atoms. The van der Waals surface area contributed by atoms with Crippen molar-refractivity contribution in [1.82, 2.24) is 0 Å². The number of hydrogen-bond acceptors (Lipinski definition) is 4. The smallest absolute Gasteiger partial charge is 0.183 e. The zero-order valence-electron chi connectivity index (χ0n) is 20.2. The molecule has 182 valence electrons. The summed E-state index contributed by atoms with van der Waals surface area (Å²) < 4.78 is 0. The highest BCUT2D eigenvalue weighted by atomic mass is 35.5. The van der Waals surface area contributed by atoms with Gasteiger partial charge in [-0.1, -0.05) is 70.2 Å². The van der Waals surface area contributed by atoms with Crippen molar-refractivity contribution in [3.8, 4) is 22.3 Å². The van der Waals surface area contributed by atoms with Crippen LogP contribution in [-0.4, -0.2) is 22.6 Å². The number of Topliss-reactive ketones (excluding diaryl/α,β-unsaturated/α-hetero) is 2. The summed E-state index contributed by atoms with van der Waals surface area (Å²) in [4.78, 5) is 26.6. The van der Waals surface area contributed by atoms with Gasteiger partial charge in [0.05, 0.1) is 11.1 Å². The predicted octanol–water partition coefficient (Wildman–Crippen LogP) is 6.73. The van der Waals surface area contributed by atoms with E-state index < -0.39 is 11.1 Å². The first-order chi connectivity index (χ1) is 15.2. The fourth-order valence-corrected chi connectivity index (χ4v) is 4.89. The van der Waals surface area contributed by atoms with Crippen LogP contribution in [0.2, 0.25) is 0 Å². The summed E-state index contributed by atoms with van der Waals surface area (Å²) in [6.07, 6.45) is 2.37. The first kappa shape index (κ1) is 28.0. The Bertz CT molecular complexity index is 1240. The molecular formula is C28H34Cl2N2O2. The van der Waals surface area contributed by atoms with E-state index in [1.807, 2.05) is 70.2 Å². The lowest BCUT2D eigenvalue weighted by Crippen LogP contribution is -2.46. The first-order valence-corrected chi connectivity index (χ1v) is 11.6. The maximum absolute atomic E-state index is 13.4. The second-order valence-electron chi connectivity index (χ2n) is 9.03. The number of halogens is 2. The van der Waals surface area contributed by atoms with Crippen LogP contribution in [0.4, 0.5) is 0 Å². The Hall–Kier alpha value is -2.24. The second-order valence-corrected chi connectivity index (χ2v) is 9.03. The average molecular weight is 501 g/mol. The molecule has 4 nitrogen and oxygen atoms in total. The number of nitrogens with two attached hydrogens (primary N) is 2. The fraction of sp³-hybridized carbons (Fsp3) is 0.357. The van der Waals surface area contributed by atoms with E-state index in [0.717, 1.165) is 33.0 Å². The number of ketones is 2. The topological polar surface area (TPSA) is 86.2 Å². The summed E-state index contributed by atoms with van der Waals surface area (Å²) in [6.45, 7) is 7.82. The molecule has 0 spiro atoms. The third kappa shape index (κ3) is 4.07. The minimum absolute atomic E-state index is 0. The van der Waals surface area contributed by atoms with Gasteiger partial charge in [-0.25, -0.2) is 0 Å². The largest absolute Gasteiger partial charge is 0.319 e. The highest BCUT2D eigenvalue weighted by molar-refractivity contribution is 6.22. The third-order valence-corrected chi connectivity index (χ3v) is 7.58. The van der Waals surface area contributed by atoms with Crippen LogP contribution in [-0.2, 0) is 0 Å². The Balaban J connectivity index is 0.00000204. The van der Waals surface area contributed by atoms with E-state index >= 15 is 0 Å². The van der Waals surface area contributed by atoms with Crippen LogP contribution in [0.3, 0.4) is 0 Å². The van der Waals surface area contributed by atoms with E-state index in [4.69, 9.17) is 11.5 Å². The Morgan fingerprint density at radius 1 is 0.676 bits per heavy atom. The molecule has 1 aliphatic carbocycles. The van der Waals surface area contributed by atoms with Gasteiger partial charge in [0, 0.05) is 11.1 Å². The number of rotatable bonds is 8. The molecule has 0 bridgehead atoms. The lowest BCUT2D eigenvalue weighted by atomic mass is 9.83. The second kappa shape index (κ2) is 10.2. The molecule has 0 unspecified atom stereocenters. The van der Waals surface area contributed by atoms with Gasteiger partial charge in [-0.2, -0.15) is 0 Å². The normalized spacial score (nSPS) is 12.1. The maximum atomic E-state index is 13.4. The molecule has 0 radical (unpaired) electrons. The summed E-state index contributed by atoms with van der Waals surface area (Å²) in [5, 5.41) is 1.97. The molecule has 3 aromatic rings. The molecule has 0 aliphatic heterocycles. The molecule has 3 aromatic carbocycles. The van der Waals surface area contributed by atoms with Crippen molar-refractivity contribution in [3.05, 3.63) is 59.7 Å². The van der Waals surface area contributed by atoms with Crippen molar-refractivity contribution in [1.29, 1.82) is 0 Å². The van der Waals surface area contributed by atoms with E-state index in [1.165, 1.54) is 0 Å². The molecule has 0 amide bonds. The Morgan fingerprint density at radius 3 is 1.79 bits per heavy atom. The zero-order valence-corrected chi connectivity index (χ0v) is 21.9. The molecule has 0 heterocycles. The van der Waals surface area contributed by atoms with Crippen LogP contribution in [0, 0.1) is 0 Å². The van der Waals surface area contributed by atoms with Crippen molar-refractivity contribution in [3.63, 3.8) is 0 Å². The summed E-state index contributed by atoms with van der Waals surface area (Å²) in [5.41, 5.74) is 16.7. The van der Waals surface area contributed by atoms with Gasteiger partial charge in [-0.05, 0) is 64.8 Å². The van der Waals surface area contributed by atoms with E-state index in [1.54, 1.807) is 0 Å². The highest BCUT2D eigenvalue weighted by Crippen LogP contribution is 2.48. The van der Waals surface area contributed by atoms with Crippen LogP contribution >= 0.6 is 24.8 Å². The van der Waals surface area contributed by atoms with Crippen molar-refractivity contribution >= 4 is 47.2 Å². The highest BCUT2D eigenvalue weighted by Gasteiger charge is 2.34. The van der Waals surface area contributed by atoms with Crippen molar-refractivity contribution in [2.75, 3.05) is 0 Å². The minimum Gasteiger partial charge on any atom is -0.319 e. The molecule has 0 aromatic heterocycles. The monoisotopic (exact) mass is 500 g/mol. The summed E-state index contributed by atoms with van der Waals surface area (Å²) in [5.74, 6) is -0.0417. The van der Waals surface area contributed by atoms with E-state index in [2.05, 4.69) is 6.07 Å². The van der Waals surface area contributed by atoms with Crippen LogP contribution < -0.4 is 11.5 Å². The molecule has 4 rings (SSSR count). The number of carbonyl (C=O) groups is 2. The molecular weight excluding hydrogens is 467 g/mol. The zero-order chi connectivity index (χ0) is 23.3. The van der Waals surface area contributed by atoms with E-state index in [9.17, 15) is 9.59 Å². The van der Waals surface area contributed by atoms with Gasteiger partial charge in [-0.15, -0.1) is 24.8 Å². The van der Waals surface area contributed by atoms with Crippen LogP contribution in [0.25, 0.3) is 33.0 Å². The SMILES string of the molecule is CCC(N)(CC)C(=O)c1ccc2c(c1)-c1ccc(C(=O)C(N)(CC)CC)c3cccc-2c13.Cl.Cl. The van der Waals surface area contributed by atoms with Crippen molar-refractivity contribution < 1.29 is 9.59 Å². The molecule has 0 fully saturated rings. The molecule has 4 N–H and O–H groups in total. The van der Waals surface area contributed by atoms with E-state index in [-0.39, 0.29) is 36.4 Å². The Morgan fingerprint density at radius 2 is 1.21 bits per heavy atom. The standard InChI is InChI=1S/C28H32N2O2.2ClH/c1-5-27(29,6-2)25(31)17-12-13-18-19-10-9-11-20-22(26(32)28(30,7-3)8-4)15-14-21(24(19)20)23(18)16-17;;/h9-16H,5-8,29-30H2,1-4H3;2*1H. The van der Waals surface area contributed by atoms with Crippen LogP contribution in [0.1, 0.15) is 74.1 Å². The Kier molecular flexibility index (Phi) is 8.37. The summed E-state index contributed by atoms with van der Waals surface area (Å²) >= 11 is 0. The first-order valence-electron chi connectivity index (χ1n) is 11.6. The average Bonchev–Trinajstić information content (AvgIpc) is 3.17. The molecule has 1 aliphatic rings. The quantitative estimate of drug-likeness (QED) is 0.262. The number of carbonyl (C=O) groups excluding carboxylic acids is 2. The van der Waals surface area contributed by atoms with Gasteiger partial charge in [-0.3, -0.25) is 9.59 Å². The molecule has 0 atom stereocenters. The van der Waals surface area contributed by atoms with Crippen molar-refractivity contribution in [2.45, 2.75) is 64.5 Å². The maximum Gasteiger partial charge on any atom is 0.183 e. The molecule has 6 heteroatoms. The summed E-state index contributed by atoms with van der Waals surface area (Å²) in [6, 6.07) is 15.8. The lowest BCUT2D eigenvalue weighted by Gasteiger charge is -2.25. The van der Waals surface area contributed by atoms with Crippen LogP contribution in [0.15, 0.2) is 48.5 Å². The van der Waals surface area contributed by atoms with Gasteiger partial charge in [0.1, 0.15) is 0 Å². The van der Waals surface area contributed by atoms with Gasteiger partial charge in [0.25, 0.3) is 0 Å². The summed E-state index contributed by atoms with van der Waals surface area (Å²) in [7, 11) is 0. The predicted molar refractivity (Wildman–Crippen MR) is 147 cm³/mol. The molecule has 0 saturated heterocycles. The van der Waals surface area contributed by atoms with E-state index in [0.29, 0.717) is 36.8 Å². The molecule has 0 saturated carbocycles. The Labute approximate surface area is 214 Å². The van der Waals surface area contributed by atoms with Crippen LogP contribution in [0.5, 0.6) is 0 Å². The van der Waals surface area contributed by atoms with Crippen molar-refractivity contribution in [2.24, 2.45) is 11.5 Å². The van der Waals surface area contributed by atoms with Gasteiger partial charge in [0.2, 0.25) is 0 Å². The fourth-order valence-electron chi connectivity index (χ4n) is 4.89. The van der Waals surface area contributed by atoms with Gasteiger partial charge < -0.3 is 11.5 Å². The number of hydrogen-bond donors (Lipinski definition) is 2. The number of fused-ring (bicyclic) bond motifs is 3. The lowest BCUT2D eigenvalue weighted by molar-refractivity contribution is 0.0874. The van der Waals surface area contributed by atoms with Gasteiger partial charge >= 0.3 is 0 Å². The minimum atomic E-state index is -0.865. The third-order valence-electron chi connectivity index (χ3n) is 7.58. The van der Waals surface area contributed by atoms with Gasteiger partial charge in [0.15, 0.2) is 11.6 Å².